The summed E-state index contributed by atoms with van der Waals surface area (Å²) in [4.78, 5) is 11.1. The molecule has 288 valence electrons. The van der Waals surface area contributed by atoms with Crippen molar-refractivity contribution in [2.75, 3.05) is 0 Å². The molecular formula is C58H36N4. The fourth-order valence-electron chi connectivity index (χ4n) is 9.91. The predicted molar refractivity (Wildman–Crippen MR) is 260 cm³/mol. The minimum absolute atomic E-state index is 0.801. The van der Waals surface area contributed by atoms with E-state index in [1.54, 1.807) is 0 Å². The summed E-state index contributed by atoms with van der Waals surface area (Å²) in [5, 5.41) is 9.56. The van der Waals surface area contributed by atoms with Crippen LogP contribution in [0.3, 0.4) is 0 Å². The summed E-state index contributed by atoms with van der Waals surface area (Å²) in [5.74, 6) is 0.801. The second-order valence-electron chi connectivity index (χ2n) is 16.1. The van der Waals surface area contributed by atoms with Crippen LogP contribution in [-0.2, 0) is 0 Å². The van der Waals surface area contributed by atoms with Crippen LogP contribution in [0.15, 0.2) is 218 Å². The maximum absolute atomic E-state index is 5.57. The highest BCUT2D eigenvalue weighted by atomic mass is 15.1. The molecule has 10 aromatic carbocycles. The third-order valence-electron chi connectivity index (χ3n) is 12.7. The standard InChI is InChI=1S/C58H36N4/c1-3-15-37(16-4-1)42-31-32-47(45-22-10-9-21-44(42)45)57-58(60-51-25-13-12-24-50(51)59-57)62-54-34-28-38-17-7-8-20-43(38)56(54)48-30-27-40(36-55(48)62)39-29-33-53-49(35-39)46-23-11-14-26-52(46)61(53)41-18-5-2-6-19-41/h1-36H. The average molecular weight is 789 g/mol. The number of benzene rings is 10. The van der Waals surface area contributed by atoms with Crippen molar-refractivity contribution in [3.63, 3.8) is 0 Å². The Hall–Kier alpha value is -8.34. The average Bonchev–Trinajstić information content (AvgIpc) is 3.86. The molecule has 13 aromatic rings. The molecule has 3 heterocycles. The van der Waals surface area contributed by atoms with Gasteiger partial charge < -0.3 is 4.57 Å². The number of para-hydroxylation sites is 4. The second kappa shape index (κ2) is 13.6. The number of aromatic nitrogens is 4. The van der Waals surface area contributed by atoms with Crippen molar-refractivity contribution in [1.82, 2.24) is 19.1 Å². The van der Waals surface area contributed by atoms with Gasteiger partial charge in [0.2, 0.25) is 0 Å². The van der Waals surface area contributed by atoms with Gasteiger partial charge in [-0.2, -0.15) is 0 Å². The molecular weight excluding hydrogens is 753 g/mol. The highest BCUT2D eigenvalue weighted by molar-refractivity contribution is 6.22. The minimum atomic E-state index is 0.801. The van der Waals surface area contributed by atoms with Crippen molar-refractivity contribution >= 4 is 76.2 Å². The van der Waals surface area contributed by atoms with Crippen LogP contribution < -0.4 is 0 Å². The Morgan fingerprint density at radius 3 is 1.73 bits per heavy atom. The van der Waals surface area contributed by atoms with Crippen molar-refractivity contribution in [3.05, 3.63) is 218 Å². The van der Waals surface area contributed by atoms with E-state index in [1.165, 1.54) is 59.9 Å². The van der Waals surface area contributed by atoms with E-state index in [0.29, 0.717) is 0 Å². The number of fused-ring (bicyclic) bond motifs is 10. The molecule has 0 amide bonds. The topological polar surface area (TPSA) is 35.6 Å². The lowest BCUT2D eigenvalue weighted by molar-refractivity contribution is 1.08. The summed E-state index contributed by atoms with van der Waals surface area (Å²) >= 11 is 0. The maximum Gasteiger partial charge on any atom is 0.165 e. The molecule has 0 unspecified atom stereocenters. The third kappa shape index (κ3) is 5.20. The van der Waals surface area contributed by atoms with Gasteiger partial charge in [0.25, 0.3) is 0 Å². The van der Waals surface area contributed by atoms with E-state index in [1.807, 2.05) is 12.1 Å². The molecule has 0 saturated heterocycles. The molecule has 13 rings (SSSR count). The Balaban J connectivity index is 1.10. The molecule has 0 aliphatic rings. The fourth-order valence-corrected chi connectivity index (χ4v) is 9.91. The van der Waals surface area contributed by atoms with E-state index in [-0.39, 0.29) is 0 Å². The molecule has 0 atom stereocenters. The second-order valence-corrected chi connectivity index (χ2v) is 16.1. The Bertz CT molecular complexity index is 3920. The molecule has 0 aliphatic carbocycles. The van der Waals surface area contributed by atoms with Gasteiger partial charge in [0, 0.05) is 32.8 Å². The molecule has 0 radical (unpaired) electrons. The van der Waals surface area contributed by atoms with Crippen LogP contribution in [0.1, 0.15) is 0 Å². The van der Waals surface area contributed by atoms with Crippen LogP contribution in [0.25, 0.3) is 121 Å². The lowest BCUT2D eigenvalue weighted by Crippen LogP contribution is -2.04. The summed E-state index contributed by atoms with van der Waals surface area (Å²) < 4.78 is 4.74. The summed E-state index contributed by atoms with van der Waals surface area (Å²) in [5.41, 5.74) is 14.0. The van der Waals surface area contributed by atoms with Gasteiger partial charge in [-0.3, -0.25) is 4.57 Å². The van der Waals surface area contributed by atoms with Gasteiger partial charge in [0.1, 0.15) is 5.69 Å². The van der Waals surface area contributed by atoms with Crippen molar-refractivity contribution in [1.29, 1.82) is 0 Å². The van der Waals surface area contributed by atoms with Crippen LogP contribution in [0, 0.1) is 0 Å². The van der Waals surface area contributed by atoms with Gasteiger partial charge >= 0.3 is 0 Å². The van der Waals surface area contributed by atoms with Crippen molar-refractivity contribution in [2.45, 2.75) is 0 Å². The Kier molecular flexibility index (Phi) is 7.57. The molecule has 3 aromatic heterocycles. The van der Waals surface area contributed by atoms with Crippen molar-refractivity contribution < 1.29 is 0 Å². The number of rotatable bonds is 5. The SMILES string of the molecule is c1ccc(-c2ccc(-c3nc4ccccc4nc3-n3c4cc(-c5ccc6c(c5)c5ccccc5n6-c5ccccc5)ccc4c4c5ccccc5ccc43)c3ccccc23)cc1. The quantitative estimate of drug-likeness (QED) is 0.174. The molecule has 4 nitrogen and oxygen atoms in total. The first-order valence-corrected chi connectivity index (χ1v) is 21.2. The number of hydrogen-bond donors (Lipinski definition) is 0. The molecule has 62 heavy (non-hydrogen) atoms. The molecule has 0 aliphatic heterocycles. The number of hydrogen-bond acceptors (Lipinski definition) is 2. The van der Waals surface area contributed by atoms with Crippen LogP contribution >= 0.6 is 0 Å². The van der Waals surface area contributed by atoms with Gasteiger partial charge in [-0.25, -0.2) is 9.97 Å². The lowest BCUT2D eigenvalue weighted by Gasteiger charge is -2.17. The molecule has 4 heteroatoms. The third-order valence-corrected chi connectivity index (χ3v) is 12.7. The maximum atomic E-state index is 5.57. The van der Waals surface area contributed by atoms with Gasteiger partial charge in [-0.1, -0.05) is 164 Å². The predicted octanol–water partition coefficient (Wildman–Crippen LogP) is 15.1. The largest absolute Gasteiger partial charge is 0.309 e. The van der Waals surface area contributed by atoms with Gasteiger partial charge in [-0.05, 0) is 98.4 Å². The first-order valence-electron chi connectivity index (χ1n) is 21.2. The van der Waals surface area contributed by atoms with Crippen LogP contribution in [0.5, 0.6) is 0 Å². The van der Waals surface area contributed by atoms with Crippen molar-refractivity contribution in [3.8, 4) is 45.0 Å². The van der Waals surface area contributed by atoms with Gasteiger partial charge in [0.05, 0.1) is 33.1 Å². The normalized spacial score (nSPS) is 11.9. The van der Waals surface area contributed by atoms with E-state index in [0.717, 1.165) is 61.3 Å². The fraction of sp³-hybridized carbons (Fsp3) is 0. The van der Waals surface area contributed by atoms with E-state index in [9.17, 15) is 0 Å². The zero-order valence-corrected chi connectivity index (χ0v) is 33.6. The summed E-state index contributed by atoms with van der Waals surface area (Å²) in [7, 11) is 0. The molecule has 0 bridgehead atoms. The molecule has 0 spiro atoms. The summed E-state index contributed by atoms with van der Waals surface area (Å²) in [6.07, 6.45) is 0. The highest BCUT2D eigenvalue weighted by Crippen LogP contribution is 2.43. The number of nitrogens with zero attached hydrogens (tertiary/aromatic N) is 4. The smallest absolute Gasteiger partial charge is 0.165 e. The van der Waals surface area contributed by atoms with Crippen LogP contribution in [-0.4, -0.2) is 19.1 Å². The van der Waals surface area contributed by atoms with E-state index >= 15 is 0 Å². The zero-order chi connectivity index (χ0) is 40.7. The van der Waals surface area contributed by atoms with E-state index < -0.39 is 0 Å². The Morgan fingerprint density at radius 1 is 0.306 bits per heavy atom. The first kappa shape index (κ1) is 34.5. The first-order chi connectivity index (χ1) is 30.8. The molecule has 0 fully saturated rings. The monoisotopic (exact) mass is 788 g/mol. The van der Waals surface area contributed by atoms with Crippen molar-refractivity contribution in [2.24, 2.45) is 0 Å². The lowest BCUT2D eigenvalue weighted by atomic mass is 9.93. The van der Waals surface area contributed by atoms with Crippen LogP contribution in [0.2, 0.25) is 0 Å². The zero-order valence-electron chi connectivity index (χ0n) is 33.6. The van der Waals surface area contributed by atoms with Gasteiger partial charge in [-0.15, -0.1) is 0 Å². The Labute approximate surface area is 357 Å². The highest BCUT2D eigenvalue weighted by Gasteiger charge is 2.23. The summed E-state index contributed by atoms with van der Waals surface area (Å²) in [6, 6.07) is 78.5. The summed E-state index contributed by atoms with van der Waals surface area (Å²) in [6.45, 7) is 0. The van der Waals surface area contributed by atoms with Gasteiger partial charge in [0.15, 0.2) is 5.82 Å². The minimum Gasteiger partial charge on any atom is -0.309 e. The van der Waals surface area contributed by atoms with E-state index in [4.69, 9.17) is 9.97 Å². The molecule has 0 saturated carbocycles. The van der Waals surface area contributed by atoms with E-state index in [2.05, 4.69) is 215 Å². The molecule has 0 N–H and O–H groups in total. The van der Waals surface area contributed by atoms with Crippen LogP contribution in [0.4, 0.5) is 0 Å². The Morgan fingerprint density at radius 2 is 0.903 bits per heavy atom.